The summed E-state index contributed by atoms with van der Waals surface area (Å²) >= 11 is 0. The summed E-state index contributed by atoms with van der Waals surface area (Å²) in [6.07, 6.45) is 4.60. The quantitative estimate of drug-likeness (QED) is 0.167. The number of aromatic carboxylic acids is 4. The number of hydrogen-bond donors (Lipinski definition) is 4. The molecule has 0 amide bonds. The second-order valence-electron chi connectivity index (χ2n) is 13.7. The molecule has 8 heteroatoms. The molecule has 0 spiro atoms. The summed E-state index contributed by atoms with van der Waals surface area (Å²) in [6, 6.07) is 28.5. The summed E-state index contributed by atoms with van der Waals surface area (Å²) in [5.74, 6) is -4.01. The maximum Gasteiger partial charge on any atom is 0.335 e. The lowest BCUT2D eigenvalue weighted by Gasteiger charge is -2.71. The van der Waals surface area contributed by atoms with Crippen molar-refractivity contribution in [2.24, 2.45) is 0 Å². The highest BCUT2D eigenvalue weighted by molar-refractivity contribution is 5.89. The monoisotopic (exact) mass is 616 g/mol. The van der Waals surface area contributed by atoms with Gasteiger partial charge in [0.05, 0.1) is 22.3 Å². The molecule has 8 rings (SSSR count). The number of carbonyl (C=O) groups is 4. The van der Waals surface area contributed by atoms with Crippen LogP contribution in [0.15, 0.2) is 97.1 Å². The molecule has 4 fully saturated rings. The Morgan fingerprint density at radius 3 is 0.609 bits per heavy atom. The molecular weight excluding hydrogens is 584 g/mol. The van der Waals surface area contributed by atoms with E-state index in [1.807, 2.05) is 48.5 Å². The van der Waals surface area contributed by atoms with Gasteiger partial charge < -0.3 is 20.4 Å². The fourth-order valence-electron chi connectivity index (χ4n) is 9.73. The Morgan fingerprint density at radius 2 is 0.478 bits per heavy atom. The third kappa shape index (κ3) is 4.50. The molecule has 232 valence electrons. The van der Waals surface area contributed by atoms with Crippen molar-refractivity contribution in [3.8, 4) is 0 Å². The number of hydrogen-bond acceptors (Lipinski definition) is 4. The van der Waals surface area contributed by atoms with E-state index in [2.05, 4.69) is 0 Å². The average Bonchev–Trinajstić information content (AvgIpc) is 3.04. The van der Waals surface area contributed by atoms with Gasteiger partial charge in [-0.2, -0.15) is 0 Å². The van der Waals surface area contributed by atoms with Crippen LogP contribution in [0.2, 0.25) is 0 Å². The highest BCUT2D eigenvalue weighted by Gasteiger charge is 2.69. The fourth-order valence-corrected chi connectivity index (χ4v) is 9.73. The van der Waals surface area contributed by atoms with Gasteiger partial charge in [0.1, 0.15) is 0 Å². The van der Waals surface area contributed by atoms with Crippen LogP contribution in [-0.4, -0.2) is 44.3 Å². The van der Waals surface area contributed by atoms with Crippen molar-refractivity contribution in [3.05, 3.63) is 142 Å². The minimum atomic E-state index is -1.00. The molecule has 0 atom stereocenters. The zero-order chi connectivity index (χ0) is 32.5. The average molecular weight is 617 g/mol. The highest BCUT2D eigenvalue weighted by atomic mass is 16.4. The first-order valence-corrected chi connectivity index (χ1v) is 15.2. The Bertz CT molecular complexity index is 1570. The van der Waals surface area contributed by atoms with Crippen molar-refractivity contribution in [2.45, 2.75) is 60.2 Å². The summed E-state index contributed by atoms with van der Waals surface area (Å²) in [4.78, 5) is 47.1. The number of carboxylic acid groups (broad SMARTS) is 4. The maximum atomic E-state index is 11.8. The topological polar surface area (TPSA) is 149 Å². The molecule has 0 unspecified atom stereocenters. The molecule has 4 N–H and O–H groups in total. The predicted octanol–water partition coefficient (Wildman–Crippen LogP) is 6.91. The van der Waals surface area contributed by atoms with Gasteiger partial charge in [-0.15, -0.1) is 0 Å². The van der Waals surface area contributed by atoms with E-state index in [0.29, 0.717) is 0 Å². The minimum Gasteiger partial charge on any atom is -0.478 e. The van der Waals surface area contributed by atoms with Crippen LogP contribution in [0.3, 0.4) is 0 Å². The van der Waals surface area contributed by atoms with Crippen LogP contribution < -0.4 is 0 Å². The Morgan fingerprint density at radius 1 is 0.326 bits per heavy atom. The third-order valence-electron chi connectivity index (χ3n) is 11.0. The van der Waals surface area contributed by atoms with Crippen LogP contribution in [0.25, 0.3) is 0 Å². The van der Waals surface area contributed by atoms with Crippen molar-refractivity contribution in [3.63, 3.8) is 0 Å². The van der Waals surface area contributed by atoms with Gasteiger partial charge in [-0.05, 0) is 131 Å². The lowest BCUT2D eigenvalue weighted by Crippen LogP contribution is -2.67. The Balaban J connectivity index is 1.48. The van der Waals surface area contributed by atoms with Gasteiger partial charge in [0.2, 0.25) is 0 Å². The van der Waals surface area contributed by atoms with Crippen LogP contribution in [-0.2, 0) is 21.7 Å². The second kappa shape index (κ2) is 10.1. The van der Waals surface area contributed by atoms with Gasteiger partial charge in [0.15, 0.2) is 0 Å². The lowest BCUT2D eigenvalue weighted by atomic mass is 9.32. The van der Waals surface area contributed by atoms with Gasteiger partial charge in [-0.1, -0.05) is 48.5 Å². The normalized spacial score (nSPS) is 27.7. The van der Waals surface area contributed by atoms with E-state index in [-0.39, 0.29) is 22.3 Å². The SMILES string of the molecule is O=C(O)c1ccc(C23CC4(c5ccc(C(=O)O)cc5)CC(c5ccc(C(=O)O)cc5)(C2)CC(c2ccc(C(=O)O)cc2)(C3)C4)cc1. The first kappa shape index (κ1) is 29.5. The minimum absolute atomic E-state index is 0.199. The van der Waals surface area contributed by atoms with E-state index in [1.54, 1.807) is 48.5 Å². The zero-order valence-electron chi connectivity index (χ0n) is 24.9. The van der Waals surface area contributed by atoms with Gasteiger partial charge in [-0.3, -0.25) is 0 Å². The molecule has 46 heavy (non-hydrogen) atoms. The maximum absolute atomic E-state index is 11.8. The van der Waals surface area contributed by atoms with Crippen molar-refractivity contribution in [1.29, 1.82) is 0 Å². The summed E-state index contributed by atoms with van der Waals surface area (Å²) < 4.78 is 0. The van der Waals surface area contributed by atoms with E-state index >= 15 is 0 Å². The Kier molecular flexibility index (Phi) is 6.49. The molecule has 4 aliphatic carbocycles. The highest BCUT2D eigenvalue weighted by Crippen LogP contribution is 2.74. The molecular formula is C38H32O8. The number of benzene rings is 4. The smallest absolute Gasteiger partial charge is 0.335 e. The first-order valence-electron chi connectivity index (χ1n) is 15.2. The molecule has 4 bridgehead atoms. The molecule has 4 aromatic rings. The third-order valence-corrected chi connectivity index (χ3v) is 11.0. The largest absolute Gasteiger partial charge is 0.478 e. The molecule has 4 aliphatic rings. The van der Waals surface area contributed by atoms with Crippen LogP contribution in [0.1, 0.15) is 102 Å². The first-order chi connectivity index (χ1) is 21.9. The summed E-state index contributed by atoms with van der Waals surface area (Å²) in [6.45, 7) is 0. The van der Waals surface area contributed by atoms with E-state index in [0.717, 1.165) is 60.8 Å². The van der Waals surface area contributed by atoms with Crippen molar-refractivity contribution >= 4 is 23.9 Å². The lowest BCUT2D eigenvalue weighted by molar-refractivity contribution is -0.0692. The second-order valence-corrected chi connectivity index (χ2v) is 13.7. The standard InChI is InChI=1S/C38H32O8/c39-31(40)23-1-9-27(10-2-23)35-17-36(28-11-3-24(4-12-28)32(41)42)20-37(18-35,29-13-5-25(6-14-29)33(43)44)22-38(19-35,21-36)30-15-7-26(8-16-30)34(45)46/h1-16H,17-22H2,(H,39,40)(H,41,42)(H,43,44)(H,45,46). The molecule has 4 saturated carbocycles. The van der Waals surface area contributed by atoms with Gasteiger partial charge in [0.25, 0.3) is 0 Å². The van der Waals surface area contributed by atoms with Crippen molar-refractivity contribution < 1.29 is 39.6 Å². The van der Waals surface area contributed by atoms with Crippen LogP contribution in [0, 0.1) is 0 Å². The zero-order valence-corrected chi connectivity index (χ0v) is 24.9. The van der Waals surface area contributed by atoms with Crippen LogP contribution in [0.4, 0.5) is 0 Å². The predicted molar refractivity (Wildman–Crippen MR) is 168 cm³/mol. The van der Waals surface area contributed by atoms with Gasteiger partial charge >= 0.3 is 23.9 Å². The van der Waals surface area contributed by atoms with Crippen molar-refractivity contribution in [2.75, 3.05) is 0 Å². The molecule has 0 aliphatic heterocycles. The van der Waals surface area contributed by atoms with E-state index in [4.69, 9.17) is 0 Å². The van der Waals surface area contributed by atoms with Crippen LogP contribution in [0.5, 0.6) is 0 Å². The van der Waals surface area contributed by atoms with Gasteiger partial charge in [0, 0.05) is 0 Å². The van der Waals surface area contributed by atoms with Crippen LogP contribution >= 0.6 is 0 Å². The summed E-state index contributed by atoms with van der Waals surface area (Å²) in [5, 5.41) is 38.6. The molecule has 8 nitrogen and oxygen atoms in total. The van der Waals surface area contributed by atoms with E-state index in [9.17, 15) is 39.6 Å². The Hall–Kier alpha value is -5.24. The molecule has 0 heterocycles. The Labute approximate surface area is 265 Å². The number of carboxylic acids is 4. The summed E-state index contributed by atoms with van der Waals surface area (Å²) in [5.41, 5.74) is 3.28. The molecule has 4 aromatic carbocycles. The van der Waals surface area contributed by atoms with E-state index < -0.39 is 45.5 Å². The molecule has 0 radical (unpaired) electrons. The van der Waals surface area contributed by atoms with E-state index in [1.165, 1.54) is 0 Å². The van der Waals surface area contributed by atoms with Crippen molar-refractivity contribution in [1.82, 2.24) is 0 Å². The summed E-state index contributed by atoms with van der Waals surface area (Å²) in [7, 11) is 0. The molecule has 0 aromatic heterocycles. The molecule has 0 saturated heterocycles. The fraction of sp³-hybridized carbons (Fsp3) is 0.263. The van der Waals surface area contributed by atoms with Gasteiger partial charge in [-0.25, -0.2) is 19.2 Å². The number of rotatable bonds is 8.